The standard InChI is InChI=1S/C5H11O2/c1-4-7-5(2)6-3/h4-5H,1-3H3. The van der Waals surface area contributed by atoms with Crippen molar-refractivity contribution in [1.82, 2.24) is 0 Å². The quantitative estimate of drug-likeness (QED) is 0.499. The van der Waals surface area contributed by atoms with Gasteiger partial charge in [0.1, 0.15) is 0 Å². The average Bonchev–Trinajstić information content (AvgIpc) is 1.68. The van der Waals surface area contributed by atoms with Crippen LogP contribution in [-0.4, -0.2) is 13.4 Å². The van der Waals surface area contributed by atoms with E-state index in [1.807, 2.05) is 13.8 Å². The third-order valence-electron chi connectivity index (χ3n) is 0.660. The largest absolute Gasteiger partial charge is 0.356 e. The molecule has 1 atom stereocenters. The van der Waals surface area contributed by atoms with Crippen molar-refractivity contribution in [1.29, 1.82) is 0 Å². The molecule has 0 aromatic rings. The summed E-state index contributed by atoms with van der Waals surface area (Å²) in [5.74, 6) is 0. The highest BCUT2D eigenvalue weighted by molar-refractivity contribution is 4.35. The lowest BCUT2D eigenvalue weighted by Gasteiger charge is -2.06. The van der Waals surface area contributed by atoms with E-state index >= 15 is 0 Å². The van der Waals surface area contributed by atoms with Crippen molar-refractivity contribution in [3.05, 3.63) is 6.61 Å². The lowest BCUT2D eigenvalue weighted by molar-refractivity contribution is -0.0836. The summed E-state index contributed by atoms with van der Waals surface area (Å²) < 4.78 is 9.58. The summed E-state index contributed by atoms with van der Waals surface area (Å²) >= 11 is 0. The van der Waals surface area contributed by atoms with E-state index in [0.29, 0.717) is 0 Å². The van der Waals surface area contributed by atoms with Gasteiger partial charge < -0.3 is 9.47 Å². The van der Waals surface area contributed by atoms with Crippen molar-refractivity contribution in [2.45, 2.75) is 20.1 Å². The van der Waals surface area contributed by atoms with Crippen LogP contribution in [0.5, 0.6) is 0 Å². The molecule has 0 aliphatic carbocycles. The van der Waals surface area contributed by atoms with Crippen molar-refractivity contribution in [3.8, 4) is 0 Å². The van der Waals surface area contributed by atoms with Crippen LogP contribution in [0.2, 0.25) is 0 Å². The summed E-state index contributed by atoms with van der Waals surface area (Å²) in [6.45, 7) is 5.25. The van der Waals surface area contributed by atoms with Gasteiger partial charge in [-0.1, -0.05) is 0 Å². The summed E-state index contributed by atoms with van der Waals surface area (Å²) in [6, 6.07) is 0. The molecule has 0 aromatic heterocycles. The fourth-order valence-electron chi connectivity index (χ4n) is 0.247. The van der Waals surface area contributed by atoms with Crippen LogP contribution in [0.1, 0.15) is 13.8 Å². The highest BCUT2D eigenvalue weighted by Gasteiger charge is 1.92. The Morgan fingerprint density at radius 3 is 2.29 bits per heavy atom. The minimum absolute atomic E-state index is 0.106. The SMILES string of the molecule is C[CH]OC(C)OC. The van der Waals surface area contributed by atoms with E-state index in [1.54, 1.807) is 13.7 Å². The molecule has 0 rings (SSSR count). The van der Waals surface area contributed by atoms with E-state index in [-0.39, 0.29) is 6.29 Å². The van der Waals surface area contributed by atoms with Crippen LogP contribution in [0.4, 0.5) is 0 Å². The first-order chi connectivity index (χ1) is 3.31. The zero-order valence-corrected chi connectivity index (χ0v) is 4.97. The lowest BCUT2D eigenvalue weighted by atomic mass is 10.7. The smallest absolute Gasteiger partial charge is 0.154 e. The van der Waals surface area contributed by atoms with E-state index in [4.69, 9.17) is 9.47 Å². The second-order valence-corrected chi connectivity index (χ2v) is 1.18. The summed E-state index contributed by atoms with van der Waals surface area (Å²) in [6.07, 6.45) is -0.106. The van der Waals surface area contributed by atoms with Gasteiger partial charge in [0.2, 0.25) is 0 Å². The minimum Gasteiger partial charge on any atom is -0.356 e. The van der Waals surface area contributed by atoms with Crippen LogP contribution in [0.3, 0.4) is 0 Å². The van der Waals surface area contributed by atoms with Gasteiger partial charge in [-0.3, -0.25) is 0 Å². The zero-order chi connectivity index (χ0) is 5.70. The Hall–Kier alpha value is -0.0800. The molecule has 1 radical (unpaired) electrons. The molecular weight excluding hydrogens is 92.1 g/mol. The fourth-order valence-corrected chi connectivity index (χ4v) is 0.247. The molecule has 0 spiro atoms. The summed E-state index contributed by atoms with van der Waals surface area (Å²) in [5, 5.41) is 0. The monoisotopic (exact) mass is 103 g/mol. The second-order valence-electron chi connectivity index (χ2n) is 1.18. The molecule has 0 saturated heterocycles. The van der Waals surface area contributed by atoms with Crippen molar-refractivity contribution in [2.24, 2.45) is 0 Å². The molecule has 0 aliphatic heterocycles. The summed E-state index contributed by atoms with van der Waals surface area (Å²) in [7, 11) is 1.61. The molecule has 2 nitrogen and oxygen atoms in total. The normalized spacial score (nSPS) is 14.1. The van der Waals surface area contributed by atoms with E-state index in [2.05, 4.69) is 0 Å². The predicted molar refractivity (Wildman–Crippen MR) is 27.5 cm³/mol. The van der Waals surface area contributed by atoms with Gasteiger partial charge >= 0.3 is 0 Å². The molecule has 7 heavy (non-hydrogen) atoms. The Kier molecular flexibility index (Phi) is 4.04. The van der Waals surface area contributed by atoms with Crippen molar-refractivity contribution >= 4 is 0 Å². The van der Waals surface area contributed by atoms with Crippen LogP contribution in [-0.2, 0) is 9.47 Å². The van der Waals surface area contributed by atoms with Crippen LogP contribution in [0.25, 0.3) is 0 Å². The maximum Gasteiger partial charge on any atom is 0.154 e. The first-order valence-electron chi connectivity index (χ1n) is 2.27. The molecule has 0 aliphatic rings. The zero-order valence-electron chi connectivity index (χ0n) is 4.97. The molecule has 0 bridgehead atoms. The van der Waals surface area contributed by atoms with Gasteiger partial charge in [-0.05, 0) is 13.8 Å². The molecule has 0 aromatic carbocycles. The average molecular weight is 103 g/mol. The highest BCUT2D eigenvalue weighted by atomic mass is 16.7. The maximum absolute atomic E-state index is 4.84. The van der Waals surface area contributed by atoms with Crippen LogP contribution < -0.4 is 0 Å². The van der Waals surface area contributed by atoms with Crippen LogP contribution >= 0.6 is 0 Å². The van der Waals surface area contributed by atoms with Crippen LogP contribution in [0, 0.1) is 6.61 Å². The van der Waals surface area contributed by atoms with Crippen LogP contribution in [0.15, 0.2) is 0 Å². The fraction of sp³-hybridized carbons (Fsp3) is 0.800. The number of hydrogen-bond donors (Lipinski definition) is 0. The number of hydrogen-bond acceptors (Lipinski definition) is 2. The minimum atomic E-state index is -0.106. The lowest BCUT2D eigenvalue weighted by Crippen LogP contribution is -2.06. The predicted octanol–water partition coefficient (Wildman–Crippen LogP) is 1.18. The second kappa shape index (κ2) is 4.09. The van der Waals surface area contributed by atoms with Gasteiger partial charge in [-0.15, -0.1) is 0 Å². The third kappa shape index (κ3) is 3.76. The van der Waals surface area contributed by atoms with Gasteiger partial charge in [0.05, 0.1) is 6.61 Å². The Morgan fingerprint density at radius 2 is 2.14 bits per heavy atom. The molecule has 0 saturated carbocycles. The van der Waals surface area contributed by atoms with Gasteiger partial charge in [0.25, 0.3) is 0 Å². The van der Waals surface area contributed by atoms with Gasteiger partial charge in [0, 0.05) is 7.11 Å². The number of rotatable bonds is 3. The molecule has 43 valence electrons. The Bertz CT molecular complexity index is 37.1. The topological polar surface area (TPSA) is 18.5 Å². The first kappa shape index (κ1) is 6.92. The van der Waals surface area contributed by atoms with E-state index < -0.39 is 0 Å². The van der Waals surface area contributed by atoms with E-state index in [9.17, 15) is 0 Å². The summed E-state index contributed by atoms with van der Waals surface area (Å²) in [4.78, 5) is 0. The van der Waals surface area contributed by atoms with Gasteiger partial charge in [0.15, 0.2) is 6.29 Å². The molecule has 0 N–H and O–H groups in total. The Balaban J connectivity index is 2.83. The maximum atomic E-state index is 4.84. The molecule has 2 heteroatoms. The molecule has 1 unspecified atom stereocenters. The van der Waals surface area contributed by atoms with Crippen molar-refractivity contribution in [2.75, 3.05) is 7.11 Å². The van der Waals surface area contributed by atoms with Crippen molar-refractivity contribution < 1.29 is 9.47 Å². The first-order valence-corrected chi connectivity index (χ1v) is 2.27. The van der Waals surface area contributed by atoms with Gasteiger partial charge in [-0.25, -0.2) is 0 Å². The number of ether oxygens (including phenoxy) is 2. The van der Waals surface area contributed by atoms with E-state index in [0.717, 1.165) is 0 Å². The number of methoxy groups -OCH3 is 1. The van der Waals surface area contributed by atoms with Crippen molar-refractivity contribution in [3.63, 3.8) is 0 Å². The van der Waals surface area contributed by atoms with E-state index in [1.165, 1.54) is 0 Å². The van der Waals surface area contributed by atoms with Gasteiger partial charge in [-0.2, -0.15) is 0 Å². The third-order valence-corrected chi connectivity index (χ3v) is 0.660. The Morgan fingerprint density at radius 1 is 1.57 bits per heavy atom. The Labute approximate surface area is 44.4 Å². The molecule has 0 heterocycles. The molecule has 0 fully saturated rings. The molecular formula is C5H11O2. The molecule has 0 amide bonds. The highest BCUT2D eigenvalue weighted by Crippen LogP contribution is 1.90. The summed E-state index contributed by atoms with van der Waals surface area (Å²) in [5.41, 5.74) is 0.